The van der Waals surface area contributed by atoms with E-state index < -0.39 is 0 Å². The molecule has 130 valence electrons. The van der Waals surface area contributed by atoms with Gasteiger partial charge in [-0.25, -0.2) is 4.68 Å². The van der Waals surface area contributed by atoms with Gasteiger partial charge in [-0.2, -0.15) is 5.10 Å². The van der Waals surface area contributed by atoms with Crippen LogP contribution in [0.3, 0.4) is 0 Å². The minimum absolute atomic E-state index is 0.688. The Morgan fingerprint density at radius 2 is 1.80 bits per heavy atom. The number of ether oxygens (including phenoxy) is 1. The lowest BCUT2D eigenvalue weighted by Gasteiger charge is -2.09. The minimum Gasteiger partial charge on any atom is -0.494 e. The Kier molecular flexibility index (Phi) is 5.51. The first-order valence-electron chi connectivity index (χ1n) is 8.72. The summed E-state index contributed by atoms with van der Waals surface area (Å²) >= 11 is 0. The Bertz CT molecular complexity index is 824. The summed E-state index contributed by atoms with van der Waals surface area (Å²) in [7, 11) is 0. The predicted molar refractivity (Wildman–Crippen MR) is 101 cm³/mol. The van der Waals surface area contributed by atoms with E-state index in [-0.39, 0.29) is 0 Å². The second-order valence-corrected chi connectivity index (χ2v) is 6.08. The van der Waals surface area contributed by atoms with Gasteiger partial charge in [0.15, 0.2) is 0 Å². The zero-order valence-corrected chi connectivity index (χ0v) is 15.1. The van der Waals surface area contributed by atoms with Gasteiger partial charge in [0.25, 0.3) is 0 Å². The second-order valence-electron chi connectivity index (χ2n) is 6.08. The van der Waals surface area contributed by atoms with Crippen molar-refractivity contribution in [3.05, 3.63) is 77.1 Å². The monoisotopic (exact) mass is 335 g/mol. The number of hydrogen-bond donors (Lipinski definition) is 1. The fourth-order valence-electron chi connectivity index (χ4n) is 3.00. The van der Waals surface area contributed by atoms with Gasteiger partial charge in [-0.3, -0.25) is 0 Å². The summed E-state index contributed by atoms with van der Waals surface area (Å²) in [6.07, 6.45) is 0. The molecule has 0 saturated carbocycles. The minimum atomic E-state index is 0.688. The fraction of sp³-hybridized carbons (Fsp3) is 0.286. The van der Waals surface area contributed by atoms with Gasteiger partial charge < -0.3 is 10.1 Å². The highest BCUT2D eigenvalue weighted by molar-refractivity contribution is 5.37. The molecule has 0 spiro atoms. The molecule has 3 rings (SSSR count). The van der Waals surface area contributed by atoms with Crippen LogP contribution in [0.4, 0.5) is 0 Å². The Labute approximate surface area is 149 Å². The largest absolute Gasteiger partial charge is 0.494 e. The molecule has 1 heterocycles. The summed E-state index contributed by atoms with van der Waals surface area (Å²) in [6.45, 7) is 8.48. The van der Waals surface area contributed by atoms with Crippen LogP contribution in [0.5, 0.6) is 5.75 Å². The van der Waals surface area contributed by atoms with E-state index in [1.165, 1.54) is 16.8 Å². The lowest BCUT2D eigenvalue weighted by molar-refractivity contribution is 0.340. The molecule has 0 saturated heterocycles. The number of aromatic nitrogens is 2. The molecule has 0 fully saturated rings. The number of para-hydroxylation sites is 1. The van der Waals surface area contributed by atoms with Crippen LogP contribution in [0.15, 0.2) is 54.6 Å². The molecular weight excluding hydrogens is 310 g/mol. The topological polar surface area (TPSA) is 39.1 Å². The smallest absolute Gasteiger partial charge is 0.119 e. The summed E-state index contributed by atoms with van der Waals surface area (Å²) in [5, 5.41) is 8.23. The van der Waals surface area contributed by atoms with E-state index >= 15 is 0 Å². The molecule has 0 aliphatic rings. The third-order valence-electron chi connectivity index (χ3n) is 4.28. The van der Waals surface area contributed by atoms with Crippen molar-refractivity contribution in [2.45, 2.75) is 33.9 Å². The number of rotatable bonds is 7. The van der Waals surface area contributed by atoms with Crippen molar-refractivity contribution >= 4 is 0 Å². The van der Waals surface area contributed by atoms with Crippen LogP contribution < -0.4 is 10.1 Å². The van der Waals surface area contributed by atoms with Gasteiger partial charge in [-0.1, -0.05) is 30.3 Å². The van der Waals surface area contributed by atoms with Gasteiger partial charge in [0, 0.05) is 24.3 Å². The molecule has 0 amide bonds. The zero-order chi connectivity index (χ0) is 17.6. The maximum atomic E-state index is 5.56. The van der Waals surface area contributed by atoms with Gasteiger partial charge in [0.05, 0.1) is 18.0 Å². The van der Waals surface area contributed by atoms with Crippen LogP contribution in [0.25, 0.3) is 5.69 Å². The van der Waals surface area contributed by atoms with Crippen molar-refractivity contribution < 1.29 is 4.74 Å². The molecule has 0 aliphatic heterocycles. The first-order valence-corrected chi connectivity index (χ1v) is 8.72. The van der Waals surface area contributed by atoms with Crippen LogP contribution in [-0.4, -0.2) is 16.4 Å². The van der Waals surface area contributed by atoms with E-state index in [9.17, 15) is 0 Å². The number of aryl methyl sites for hydroxylation is 1. The van der Waals surface area contributed by atoms with Crippen LogP contribution in [0.2, 0.25) is 0 Å². The molecular formula is C21H25N3O. The van der Waals surface area contributed by atoms with Crippen LogP contribution in [0.1, 0.15) is 29.4 Å². The number of nitrogens with one attached hydrogen (secondary N) is 1. The Balaban J connectivity index is 1.68. The molecule has 0 bridgehead atoms. The SMILES string of the molecule is CCOc1cccc(CNCc2c(C)nn(-c3ccccc3)c2C)c1. The Morgan fingerprint density at radius 3 is 2.56 bits per heavy atom. The molecule has 1 N–H and O–H groups in total. The highest BCUT2D eigenvalue weighted by atomic mass is 16.5. The zero-order valence-electron chi connectivity index (χ0n) is 15.1. The van der Waals surface area contributed by atoms with Gasteiger partial charge >= 0.3 is 0 Å². The molecule has 4 nitrogen and oxygen atoms in total. The van der Waals surface area contributed by atoms with Gasteiger partial charge in [-0.05, 0) is 50.6 Å². The van der Waals surface area contributed by atoms with Crippen molar-refractivity contribution in [2.24, 2.45) is 0 Å². The highest BCUT2D eigenvalue weighted by Gasteiger charge is 2.12. The predicted octanol–water partition coefficient (Wildman–Crippen LogP) is 4.18. The maximum absolute atomic E-state index is 5.56. The Hall–Kier alpha value is -2.59. The molecule has 4 heteroatoms. The van der Waals surface area contributed by atoms with E-state index in [0.29, 0.717) is 6.61 Å². The average molecular weight is 335 g/mol. The molecule has 3 aromatic rings. The number of benzene rings is 2. The summed E-state index contributed by atoms with van der Waals surface area (Å²) < 4.78 is 7.58. The summed E-state index contributed by atoms with van der Waals surface area (Å²) in [5.41, 5.74) is 5.82. The quantitative estimate of drug-likeness (QED) is 0.704. The van der Waals surface area contributed by atoms with E-state index in [0.717, 1.165) is 30.2 Å². The van der Waals surface area contributed by atoms with Crippen LogP contribution in [0, 0.1) is 13.8 Å². The van der Waals surface area contributed by atoms with Gasteiger partial charge in [0.2, 0.25) is 0 Å². The standard InChI is InChI=1S/C21H25N3O/c1-4-25-20-12-8-9-18(13-20)14-22-15-21-16(2)23-24(17(21)3)19-10-6-5-7-11-19/h5-13,22H,4,14-15H2,1-3H3. The van der Waals surface area contributed by atoms with Crippen molar-refractivity contribution in [1.29, 1.82) is 0 Å². The van der Waals surface area contributed by atoms with E-state index in [1.807, 2.05) is 41.9 Å². The molecule has 1 aromatic heterocycles. The van der Waals surface area contributed by atoms with Crippen molar-refractivity contribution in [3.8, 4) is 11.4 Å². The van der Waals surface area contributed by atoms with E-state index in [4.69, 9.17) is 9.84 Å². The van der Waals surface area contributed by atoms with Crippen LogP contribution >= 0.6 is 0 Å². The van der Waals surface area contributed by atoms with Gasteiger partial charge in [-0.15, -0.1) is 0 Å². The maximum Gasteiger partial charge on any atom is 0.119 e. The molecule has 0 atom stereocenters. The summed E-state index contributed by atoms with van der Waals surface area (Å²) in [6, 6.07) is 18.5. The number of nitrogens with zero attached hydrogens (tertiary/aromatic N) is 2. The normalized spacial score (nSPS) is 10.8. The third kappa shape index (κ3) is 4.09. The van der Waals surface area contributed by atoms with E-state index in [2.05, 4.69) is 43.4 Å². The lowest BCUT2D eigenvalue weighted by Crippen LogP contribution is -2.14. The average Bonchev–Trinajstić information content (AvgIpc) is 2.91. The Morgan fingerprint density at radius 1 is 1.00 bits per heavy atom. The van der Waals surface area contributed by atoms with Crippen molar-refractivity contribution in [3.63, 3.8) is 0 Å². The first-order chi connectivity index (χ1) is 12.2. The third-order valence-corrected chi connectivity index (χ3v) is 4.28. The number of hydrogen-bond acceptors (Lipinski definition) is 3. The molecule has 0 aliphatic carbocycles. The molecule has 0 radical (unpaired) electrons. The molecule has 0 unspecified atom stereocenters. The summed E-state index contributed by atoms with van der Waals surface area (Å²) in [5.74, 6) is 0.922. The van der Waals surface area contributed by atoms with Crippen molar-refractivity contribution in [2.75, 3.05) is 6.61 Å². The highest BCUT2D eigenvalue weighted by Crippen LogP contribution is 2.18. The fourth-order valence-corrected chi connectivity index (χ4v) is 3.00. The van der Waals surface area contributed by atoms with Gasteiger partial charge in [0.1, 0.15) is 5.75 Å². The second kappa shape index (κ2) is 7.99. The molecule has 2 aromatic carbocycles. The van der Waals surface area contributed by atoms with Crippen molar-refractivity contribution in [1.82, 2.24) is 15.1 Å². The summed E-state index contributed by atoms with van der Waals surface area (Å²) in [4.78, 5) is 0. The first kappa shape index (κ1) is 17.2. The van der Waals surface area contributed by atoms with Crippen LogP contribution in [-0.2, 0) is 13.1 Å². The molecule has 25 heavy (non-hydrogen) atoms. The lowest BCUT2D eigenvalue weighted by atomic mass is 10.1. The van der Waals surface area contributed by atoms with E-state index in [1.54, 1.807) is 0 Å².